The molecule has 3 rings (SSSR count). The molecule has 0 aliphatic heterocycles. The zero-order valence-electron chi connectivity index (χ0n) is 18.2. The Morgan fingerprint density at radius 1 is 1.16 bits per heavy atom. The second-order valence-corrected chi connectivity index (χ2v) is 10.3. The van der Waals surface area contributed by atoms with Gasteiger partial charge in [-0.25, -0.2) is 8.42 Å². The largest absolute Gasteiger partial charge is 0.337 e. The van der Waals surface area contributed by atoms with Crippen LogP contribution in [-0.2, 0) is 21.4 Å². The van der Waals surface area contributed by atoms with Crippen LogP contribution in [0.1, 0.15) is 24.3 Å². The number of para-hydroxylation sites is 1. The Bertz CT molecular complexity index is 1200. The predicted molar refractivity (Wildman–Crippen MR) is 127 cm³/mol. The van der Waals surface area contributed by atoms with Crippen LogP contribution >= 0.6 is 15.9 Å². The number of hydrogen-bond donors (Lipinski definition) is 0. The Morgan fingerprint density at radius 3 is 2.59 bits per heavy atom. The van der Waals surface area contributed by atoms with Gasteiger partial charge in [-0.15, -0.1) is 0 Å². The average molecular weight is 521 g/mol. The molecule has 0 atom stereocenters. The van der Waals surface area contributed by atoms with Crippen molar-refractivity contribution in [1.29, 1.82) is 0 Å². The summed E-state index contributed by atoms with van der Waals surface area (Å²) in [6, 6.07) is 14.8. The predicted octanol–water partition coefficient (Wildman–Crippen LogP) is 4.01. The second kappa shape index (κ2) is 10.3. The molecule has 1 heterocycles. The first-order valence-electron chi connectivity index (χ1n) is 10.0. The highest BCUT2D eigenvalue weighted by atomic mass is 79.9. The summed E-state index contributed by atoms with van der Waals surface area (Å²) in [5.41, 5.74) is 2.29. The van der Waals surface area contributed by atoms with Crippen molar-refractivity contribution in [3.8, 4) is 11.4 Å². The molecule has 3 aromatic rings. The Balaban J connectivity index is 1.57. The lowest BCUT2D eigenvalue weighted by Crippen LogP contribution is -2.33. The van der Waals surface area contributed by atoms with Crippen LogP contribution in [-0.4, -0.2) is 49.2 Å². The quantitative estimate of drug-likeness (QED) is 0.422. The van der Waals surface area contributed by atoms with Gasteiger partial charge in [-0.3, -0.25) is 9.10 Å². The number of carbonyl (C=O) groups excluding carboxylic acids is 1. The smallest absolute Gasteiger partial charge is 0.246 e. The molecule has 1 amide bonds. The lowest BCUT2D eigenvalue weighted by Gasteiger charge is -2.24. The van der Waals surface area contributed by atoms with Crippen LogP contribution in [0.5, 0.6) is 0 Å². The second-order valence-electron chi connectivity index (χ2n) is 7.50. The zero-order chi connectivity index (χ0) is 23.3. The number of aromatic nitrogens is 2. The van der Waals surface area contributed by atoms with Crippen molar-refractivity contribution in [3.63, 3.8) is 0 Å². The fraction of sp³-hybridized carbons (Fsp3) is 0.318. The maximum Gasteiger partial charge on any atom is 0.246 e. The molecule has 8 nitrogen and oxygen atoms in total. The van der Waals surface area contributed by atoms with Crippen LogP contribution in [0.25, 0.3) is 11.4 Å². The number of nitrogens with zero attached hydrogens (tertiary/aromatic N) is 4. The third-order valence-corrected chi connectivity index (χ3v) is 6.56. The molecule has 10 heteroatoms. The van der Waals surface area contributed by atoms with Gasteiger partial charge in [0.1, 0.15) is 0 Å². The summed E-state index contributed by atoms with van der Waals surface area (Å²) in [5, 5.41) is 3.98. The number of anilines is 1. The van der Waals surface area contributed by atoms with Crippen LogP contribution in [0.2, 0.25) is 0 Å². The van der Waals surface area contributed by atoms with E-state index in [0.717, 1.165) is 15.6 Å². The number of halogens is 1. The average Bonchev–Trinajstić information content (AvgIpc) is 3.19. The van der Waals surface area contributed by atoms with E-state index in [-0.39, 0.29) is 25.4 Å². The topological polar surface area (TPSA) is 96.6 Å². The summed E-state index contributed by atoms with van der Waals surface area (Å²) in [4.78, 5) is 18.4. The van der Waals surface area contributed by atoms with E-state index in [2.05, 4.69) is 26.1 Å². The maximum atomic E-state index is 12.6. The van der Waals surface area contributed by atoms with Gasteiger partial charge in [-0.1, -0.05) is 51.4 Å². The number of carbonyl (C=O) groups is 1. The summed E-state index contributed by atoms with van der Waals surface area (Å²) in [6.45, 7) is 2.25. The van der Waals surface area contributed by atoms with E-state index in [4.69, 9.17) is 4.52 Å². The number of aryl methyl sites for hydroxylation is 1. The lowest BCUT2D eigenvalue weighted by atomic mass is 10.2. The van der Waals surface area contributed by atoms with Gasteiger partial charge in [-0.2, -0.15) is 4.98 Å². The van der Waals surface area contributed by atoms with Crippen LogP contribution < -0.4 is 4.31 Å². The first kappa shape index (κ1) is 23.9. The van der Waals surface area contributed by atoms with Crippen molar-refractivity contribution in [2.75, 3.05) is 24.2 Å². The SMILES string of the molecule is Cc1ccccc1N(CCCC(=O)N(C)Cc1nc(-c2cccc(Br)c2)no1)S(C)(=O)=O. The van der Waals surface area contributed by atoms with Gasteiger partial charge in [0.15, 0.2) is 0 Å². The maximum absolute atomic E-state index is 12.6. The van der Waals surface area contributed by atoms with Crippen molar-refractivity contribution in [3.05, 3.63) is 64.5 Å². The molecule has 2 aromatic carbocycles. The van der Waals surface area contributed by atoms with Gasteiger partial charge in [0, 0.05) is 30.0 Å². The van der Waals surface area contributed by atoms with Crippen LogP contribution in [0.3, 0.4) is 0 Å². The van der Waals surface area contributed by atoms with Gasteiger partial charge >= 0.3 is 0 Å². The third-order valence-electron chi connectivity index (χ3n) is 4.89. The van der Waals surface area contributed by atoms with Crippen LogP contribution in [0.15, 0.2) is 57.5 Å². The minimum absolute atomic E-state index is 0.134. The molecule has 0 bridgehead atoms. The molecule has 170 valence electrons. The standard InChI is InChI=1S/C22H25BrN4O4S/c1-16-8-4-5-11-19(16)27(32(3,29)30)13-7-12-21(28)26(2)15-20-24-22(25-31-20)17-9-6-10-18(23)14-17/h4-6,8-11,14H,7,12-13,15H2,1-3H3. The van der Waals surface area contributed by atoms with E-state index >= 15 is 0 Å². The number of sulfonamides is 1. The van der Waals surface area contributed by atoms with Gasteiger partial charge in [0.05, 0.1) is 18.5 Å². The van der Waals surface area contributed by atoms with Crippen molar-refractivity contribution < 1.29 is 17.7 Å². The summed E-state index contributed by atoms with van der Waals surface area (Å²) >= 11 is 3.41. The minimum Gasteiger partial charge on any atom is -0.337 e. The number of benzene rings is 2. The number of amides is 1. The van der Waals surface area contributed by atoms with E-state index in [1.54, 1.807) is 19.2 Å². The van der Waals surface area contributed by atoms with Gasteiger partial charge in [0.25, 0.3) is 0 Å². The summed E-state index contributed by atoms with van der Waals surface area (Å²) < 4.78 is 32.1. The van der Waals surface area contributed by atoms with Crippen molar-refractivity contribution >= 4 is 37.5 Å². The molecule has 1 aromatic heterocycles. The van der Waals surface area contributed by atoms with Crippen molar-refractivity contribution in [2.24, 2.45) is 0 Å². The summed E-state index contributed by atoms with van der Waals surface area (Å²) in [7, 11) is -1.81. The molecule has 0 saturated heterocycles. The molecular weight excluding hydrogens is 496 g/mol. The Labute approximate surface area is 196 Å². The van der Waals surface area contributed by atoms with Gasteiger partial charge in [-0.05, 0) is 37.1 Å². The van der Waals surface area contributed by atoms with Crippen LogP contribution in [0, 0.1) is 6.92 Å². The molecule has 32 heavy (non-hydrogen) atoms. The Morgan fingerprint density at radius 2 is 1.91 bits per heavy atom. The van der Waals surface area contributed by atoms with E-state index in [1.807, 2.05) is 43.3 Å². The Hall–Kier alpha value is -2.72. The summed E-state index contributed by atoms with van der Waals surface area (Å²) in [6.07, 6.45) is 1.75. The highest BCUT2D eigenvalue weighted by Crippen LogP contribution is 2.23. The molecule has 0 saturated carbocycles. The molecule has 0 unspecified atom stereocenters. The molecular formula is C22H25BrN4O4S. The molecule has 0 aliphatic carbocycles. The highest BCUT2D eigenvalue weighted by Gasteiger charge is 2.20. The molecule has 0 N–H and O–H groups in total. The summed E-state index contributed by atoms with van der Waals surface area (Å²) in [5.74, 6) is 0.642. The highest BCUT2D eigenvalue weighted by molar-refractivity contribution is 9.10. The normalized spacial score (nSPS) is 11.4. The monoisotopic (exact) mass is 520 g/mol. The van der Waals surface area contributed by atoms with E-state index < -0.39 is 10.0 Å². The first-order valence-corrected chi connectivity index (χ1v) is 12.6. The number of rotatable bonds is 9. The fourth-order valence-corrected chi connectivity index (χ4v) is 4.65. The molecule has 0 spiro atoms. The van der Waals surface area contributed by atoms with Crippen molar-refractivity contribution in [2.45, 2.75) is 26.3 Å². The first-order chi connectivity index (χ1) is 15.1. The number of hydrogen-bond acceptors (Lipinski definition) is 6. The lowest BCUT2D eigenvalue weighted by molar-refractivity contribution is -0.130. The van der Waals surface area contributed by atoms with Crippen LogP contribution in [0.4, 0.5) is 5.69 Å². The molecule has 0 fully saturated rings. The van der Waals surface area contributed by atoms with Crippen molar-refractivity contribution in [1.82, 2.24) is 15.0 Å². The zero-order valence-corrected chi connectivity index (χ0v) is 20.6. The Kier molecular flexibility index (Phi) is 7.68. The molecule has 0 aliphatic rings. The van der Waals surface area contributed by atoms with Gasteiger partial charge < -0.3 is 9.42 Å². The fourth-order valence-electron chi connectivity index (χ4n) is 3.23. The molecule has 0 radical (unpaired) electrons. The van der Waals surface area contributed by atoms with E-state index in [0.29, 0.717) is 23.8 Å². The van der Waals surface area contributed by atoms with E-state index in [1.165, 1.54) is 15.5 Å². The minimum atomic E-state index is -3.46. The third kappa shape index (κ3) is 6.17. The van der Waals surface area contributed by atoms with E-state index in [9.17, 15) is 13.2 Å². The van der Waals surface area contributed by atoms with Gasteiger partial charge in [0.2, 0.25) is 27.6 Å².